The molecule has 0 saturated heterocycles. The Morgan fingerprint density at radius 1 is 1.30 bits per heavy atom. The second-order valence-electron chi connectivity index (χ2n) is 4.22. The first-order valence-corrected chi connectivity index (χ1v) is 7.65. The lowest BCUT2D eigenvalue weighted by atomic mass is 10.2. The molecule has 5 nitrogen and oxygen atoms in total. The number of carboxylic acids is 1. The van der Waals surface area contributed by atoms with Crippen molar-refractivity contribution in [1.29, 1.82) is 0 Å². The molecule has 8 heteroatoms. The van der Waals surface area contributed by atoms with Crippen LogP contribution in [-0.4, -0.2) is 25.2 Å². The van der Waals surface area contributed by atoms with Crippen LogP contribution in [0.1, 0.15) is 36.5 Å². The highest BCUT2D eigenvalue weighted by Gasteiger charge is 2.22. The SMILES string of the molecule is CCCCCS(=O)(=O)Nc1ccc(F)c(C(=O)O)c1F. The van der Waals surface area contributed by atoms with E-state index in [1.807, 2.05) is 11.6 Å². The molecule has 0 spiro atoms. The van der Waals surface area contributed by atoms with E-state index in [-0.39, 0.29) is 5.75 Å². The highest BCUT2D eigenvalue weighted by atomic mass is 32.2. The summed E-state index contributed by atoms with van der Waals surface area (Å²) in [5.41, 5.74) is -1.75. The Labute approximate surface area is 115 Å². The predicted octanol–water partition coefficient (Wildman–Crippen LogP) is 2.59. The summed E-state index contributed by atoms with van der Waals surface area (Å²) in [6, 6.07) is 1.56. The fraction of sp³-hybridized carbons (Fsp3) is 0.417. The van der Waals surface area contributed by atoms with Crippen LogP contribution in [0, 0.1) is 11.6 Å². The van der Waals surface area contributed by atoms with Crippen LogP contribution in [0.2, 0.25) is 0 Å². The van der Waals surface area contributed by atoms with E-state index < -0.39 is 38.9 Å². The van der Waals surface area contributed by atoms with Gasteiger partial charge in [-0.15, -0.1) is 0 Å². The first-order valence-electron chi connectivity index (χ1n) is 6.00. The third-order valence-electron chi connectivity index (χ3n) is 2.59. The van der Waals surface area contributed by atoms with Crippen LogP contribution >= 0.6 is 0 Å². The molecular weight excluding hydrogens is 292 g/mol. The number of aromatic carboxylic acids is 1. The van der Waals surface area contributed by atoms with Crippen LogP contribution in [0.25, 0.3) is 0 Å². The summed E-state index contributed by atoms with van der Waals surface area (Å²) in [5.74, 6) is -4.70. The van der Waals surface area contributed by atoms with Gasteiger partial charge in [-0.25, -0.2) is 22.0 Å². The third-order valence-corrected chi connectivity index (χ3v) is 3.94. The minimum Gasteiger partial charge on any atom is -0.477 e. The Bertz CT molecular complexity index is 602. The fourth-order valence-corrected chi connectivity index (χ4v) is 2.77. The lowest BCUT2D eigenvalue weighted by Gasteiger charge is -2.10. The zero-order chi connectivity index (χ0) is 15.3. The van der Waals surface area contributed by atoms with Crippen molar-refractivity contribution in [2.75, 3.05) is 10.5 Å². The molecule has 0 aliphatic carbocycles. The molecule has 0 aliphatic heterocycles. The van der Waals surface area contributed by atoms with Gasteiger partial charge < -0.3 is 5.11 Å². The number of benzene rings is 1. The highest BCUT2D eigenvalue weighted by Crippen LogP contribution is 2.22. The number of carbonyl (C=O) groups is 1. The van der Waals surface area contributed by atoms with Gasteiger partial charge in [0.15, 0.2) is 5.82 Å². The first kappa shape index (κ1) is 16.4. The number of unbranched alkanes of at least 4 members (excludes halogenated alkanes) is 2. The summed E-state index contributed by atoms with van der Waals surface area (Å²) in [6.45, 7) is 1.90. The van der Waals surface area contributed by atoms with Gasteiger partial charge in [-0.3, -0.25) is 4.72 Å². The molecular formula is C12H15F2NO4S. The zero-order valence-corrected chi connectivity index (χ0v) is 11.6. The minimum atomic E-state index is -3.79. The van der Waals surface area contributed by atoms with Gasteiger partial charge in [-0.1, -0.05) is 19.8 Å². The number of halogens is 2. The summed E-state index contributed by atoms with van der Waals surface area (Å²) < 4.78 is 52.2. The number of anilines is 1. The normalized spacial score (nSPS) is 11.3. The van der Waals surface area contributed by atoms with Crippen molar-refractivity contribution in [2.45, 2.75) is 26.2 Å². The van der Waals surface area contributed by atoms with Crippen molar-refractivity contribution >= 4 is 21.7 Å². The Hall–Kier alpha value is -1.70. The van der Waals surface area contributed by atoms with Crippen molar-refractivity contribution in [3.63, 3.8) is 0 Å². The Balaban J connectivity index is 2.99. The van der Waals surface area contributed by atoms with Gasteiger partial charge in [0.2, 0.25) is 10.0 Å². The van der Waals surface area contributed by atoms with Crippen molar-refractivity contribution in [2.24, 2.45) is 0 Å². The molecule has 20 heavy (non-hydrogen) atoms. The van der Waals surface area contributed by atoms with Gasteiger partial charge in [-0.2, -0.15) is 0 Å². The minimum absolute atomic E-state index is 0.208. The van der Waals surface area contributed by atoms with Gasteiger partial charge in [-0.05, 0) is 18.6 Å². The maximum atomic E-state index is 13.8. The van der Waals surface area contributed by atoms with Crippen molar-refractivity contribution in [3.05, 3.63) is 29.3 Å². The first-order chi connectivity index (χ1) is 9.28. The number of hydrogen-bond donors (Lipinski definition) is 2. The maximum absolute atomic E-state index is 13.8. The molecule has 0 heterocycles. The van der Waals surface area contributed by atoms with Crippen LogP contribution in [0.4, 0.5) is 14.5 Å². The predicted molar refractivity (Wildman–Crippen MR) is 70.3 cm³/mol. The molecule has 0 atom stereocenters. The Morgan fingerprint density at radius 3 is 2.50 bits per heavy atom. The second kappa shape index (κ2) is 6.65. The van der Waals surface area contributed by atoms with Gasteiger partial charge >= 0.3 is 5.97 Å². The van der Waals surface area contributed by atoms with E-state index in [9.17, 15) is 22.0 Å². The standard InChI is InChI=1S/C12H15F2NO4S/c1-2-3-4-7-20(18,19)15-9-6-5-8(13)10(11(9)14)12(16)17/h5-6,15H,2-4,7H2,1H3,(H,16,17). The molecule has 112 valence electrons. The van der Waals surface area contributed by atoms with Gasteiger partial charge in [0.1, 0.15) is 11.4 Å². The molecule has 0 bridgehead atoms. The quantitative estimate of drug-likeness (QED) is 0.758. The van der Waals surface area contributed by atoms with Gasteiger partial charge in [0.05, 0.1) is 11.4 Å². The van der Waals surface area contributed by atoms with Crippen LogP contribution < -0.4 is 4.72 Å². The summed E-state index contributed by atoms with van der Waals surface area (Å²) in [5, 5.41) is 8.69. The molecule has 0 aliphatic rings. The van der Waals surface area contributed by atoms with E-state index in [0.29, 0.717) is 18.9 Å². The number of rotatable bonds is 7. The largest absolute Gasteiger partial charge is 0.477 e. The smallest absolute Gasteiger partial charge is 0.341 e. The summed E-state index contributed by atoms with van der Waals surface area (Å²) in [4.78, 5) is 10.7. The molecule has 0 fully saturated rings. The van der Waals surface area contributed by atoms with Crippen LogP contribution in [-0.2, 0) is 10.0 Å². The number of sulfonamides is 1. The molecule has 0 saturated carbocycles. The zero-order valence-electron chi connectivity index (χ0n) is 10.8. The maximum Gasteiger partial charge on any atom is 0.341 e. The number of nitrogens with one attached hydrogen (secondary N) is 1. The summed E-state index contributed by atoms with van der Waals surface area (Å²) in [6.07, 6.45) is 1.93. The third kappa shape index (κ3) is 4.16. The molecule has 1 rings (SSSR count). The van der Waals surface area contributed by atoms with Crippen molar-refractivity contribution < 1.29 is 27.1 Å². The van der Waals surface area contributed by atoms with Gasteiger partial charge in [0, 0.05) is 0 Å². The highest BCUT2D eigenvalue weighted by molar-refractivity contribution is 7.92. The van der Waals surface area contributed by atoms with Crippen molar-refractivity contribution in [3.8, 4) is 0 Å². The number of carboxylic acid groups (broad SMARTS) is 1. The van der Waals surface area contributed by atoms with Gasteiger partial charge in [0.25, 0.3) is 0 Å². The van der Waals surface area contributed by atoms with E-state index in [0.717, 1.165) is 12.5 Å². The van der Waals surface area contributed by atoms with Crippen LogP contribution in [0.3, 0.4) is 0 Å². The van der Waals surface area contributed by atoms with E-state index >= 15 is 0 Å². The average molecular weight is 307 g/mol. The van der Waals surface area contributed by atoms with Crippen LogP contribution in [0.15, 0.2) is 12.1 Å². The number of hydrogen-bond acceptors (Lipinski definition) is 3. The molecule has 0 radical (unpaired) electrons. The molecule has 1 aromatic rings. The lowest BCUT2D eigenvalue weighted by molar-refractivity contribution is 0.0686. The summed E-state index contributed by atoms with van der Waals surface area (Å²) >= 11 is 0. The lowest BCUT2D eigenvalue weighted by Crippen LogP contribution is -2.19. The Morgan fingerprint density at radius 2 is 1.95 bits per heavy atom. The molecule has 0 unspecified atom stereocenters. The molecule has 0 amide bonds. The average Bonchev–Trinajstić information content (AvgIpc) is 2.32. The Kier molecular flexibility index (Phi) is 5.43. The monoisotopic (exact) mass is 307 g/mol. The van der Waals surface area contributed by atoms with E-state index in [4.69, 9.17) is 5.11 Å². The molecule has 2 N–H and O–H groups in total. The molecule has 1 aromatic carbocycles. The van der Waals surface area contributed by atoms with Crippen LogP contribution in [0.5, 0.6) is 0 Å². The van der Waals surface area contributed by atoms with E-state index in [1.54, 1.807) is 0 Å². The summed E-state index contributed by atoms with van der Waals surface area (Å²) in [7, 11) is -3.79. The fourth-order valence-electron chi connectivity index (χ4n) is 1.59. The van der Waals surface area contributed by atoms with Crippen molar-refractivity contribution in [1.82, 2.24) is 0 Å². The van der Waals surface area contributed by atoms with E-state index in [2.05, 4.69) is 0 Å². The van der Waals surface area contributed by atoms with E-state index in [1.165, 1.54) is 0 Å². The second-order valence-corrected chi connectivity index (χ2v) is 6.06. The topological polar surface area (TPSA) is 83.5 Å². The molecule has 0 aromatic heterocycles.